The van der Waals surface area contributed by atoms with Crippen LogP contribution in [0, 0.1) is 11.3 Å². The van der Waals surface area contributed by atoms with E-state index in [0.717, 1.165) is 19.3 Å². The molecule has 1 amide bonds. The van der Waals surface area contributed by atoms with E-state index in [0.29, 0.717) is 26.1 Å². The minimum atomic E-state index is -0.474. The van der Waals surface area contributed by atoms with Crippen LogP contribution in [-0.2, 0) is 9.47 Å². The normalized spacial score (nSPS) is 23.2. The summed E-state index contributed by atoms with van der Waals surface area (Å²) < 4.78 is 11.3. The first-order valence-electron chi connectivity index (χ1n) is 7.25. The summed E-state index contributed by atoms with van der Waals surface area (Å²) in [7, 11) is 0. The van der Waals surface area contributed by atoms with E-state index in [1.54, 1.807) is 4.90 Å². The zero-order valence-electron chi connectivity index (χ0n) is 13.1. The molecular weight excluding hydrogens is 256 g/mol. The van der Waals surface area contributed by atoms with Gasteiger partial charge in [0.25, 0.3) is 0 Å². The molecule has 0 N–H and O–H groups in total. The van der Waals surface area contributed by atoms with Crippen LogP contribution in [0.2, 0.25) is 0 Å². The van der Waals surface area contributed by atoms with Gasteiger partial charge in [-0.05, 0) is 47.0 Å². The lowest BCUT2D eigenvalue weighted by Crippen LogP contribution is -2.51. The van der Waals surface area contributed by atoms with E-state index in [2.05, 4.69) is 6.07 Å². The molecule has 1 aliphatic heterocycles. The van der Waals surface area contributed by atoms with Gasteiger partial charge in [-0.1, -0.05) is 0 Å². The van der Waals surface area contributed by atoms with Crippen molar-refractivity contribution in [3.63, 3.8) is 0 Å². The molecule has 1 heterocycles. The maximum Gasteiger partial charge on any atom is 0.410 e. The molecule has 1 fully saturated rings. The summed E-state index contributed by atoms with van der Waals surface area (Å²) in [5.41, 5.74) is -0.802. The van der Waals surface area contributed by atoms with Crippen LogP contribution in [0.25, 0.3) is 0 Å². The molecule has 1 unspecified atom stereocenters. The molecule has 0 aromatic carbocycles. The van der Waals surface area contributed by atoms with Gasteiger partial charge in [0.05, 0.1) is 18.2 Å². The van der Waals surface area contributed by atoms with Gasteiger partial charge in [0, 0.05) is 19.6 Å². The molecule has 0 spiro atoms. The first-order chi connectivity index (χ1) is 9.26. The molecule has 20 heavy (non-hydrogen) atoms. The van der Waals surface area contributed by atoms with Gasteiger partial charge in [0.1, 0.15) is 5.60 Å². The average Bonchev–Trinajstić information content (AvgIpc) is 2.33. The molecule has 0 aromatic heterocycles. The number of unbranched alkanes of at least 4 members (excludes halogenated alkanes) is 1. The number of hydrogen-bond acceptors (Lipinski definition) is 4. The fraction of sp³-hybridized carbons (Fsp3) is 0.867. The smallest absolute Gasteiger partial charge is 0.410 e. The van der Waals surface area contributed by atoms with Crippen LogP contribution in [-0.4, -0.2) is 41.9 Å². The molecule has 114 valence electrons. The van der Waals surface area contributed by atoms with Gasteiger partial charge in [-0.15, -0.1) is 0 Å². The van der Waals surface area contributed by atoms with Crippen LogP contribution >= 0.6 is 0 Å². The standard InChI is InChI=1S/C15H26N2O3/c1-14(2,3)20-13(18)17-10-7-8-15(4,12-17)19-11-6-5-9-16/h5-8,10-12H2,1-4H3. The second-order valence-electron chi connectivity index (χ2n) is 6.57. The third-order valence-electron chi connectivity index (χ3n) is 3.19. The molecule has 0 radical (unpaired) electrons. The highest BCUT2D eigenvalue weighted by molar-refractivity contribution is 5.68. The SMILES string of the molecule is CC(C)(C)OC(=O)N1CCCC(C)(OCCCC#N)C1. The third-order valence-corrected chi connectivity index (χ3v) is 3.19. The van der Waals surface area contributed by atoms with Crippen LogP contribution in [0.5, 0.6) is 0 Å². The highest BCUT2D eigenvalue weighted by Gasteiger charge is 2.35. The van der Waals surface area contributed by atoms with Crippen LogP contribution in [0.15, 0.2) is 0 Å². The number of rotatable bonds is 4. The lowest BCUT2D eigenvalue weighted by molar-refractivity contribution is -0.0801. The Labute approximate surface area is 121 Å². The number of piperidine rings is 1. The van der Waals surface area contributed by atoms with Crippen molar-refractivity contribution in [1.29, 1.82) is 5.26 Å². The second-order valence-corrected chi connectivity index (χ2v) is 6.57. The molecule has 5 heteroatoms. The van der Waals surface area contributed by atoms with Crippen molar-refractivity contribution in [2.75, 3.05) is 19.7 Å². The summed E-state index contributed by atoms with van der Waals surface area (Å²) in [5.74, 6) is 0. The lowest BCUT2D eigenvalue weighted by Gasteiger charge is -2.40. The Morgan fingerprint density at radius 3 is 2.75 bits per heavy atom. The Bertz CT molecular complexity index is 370. The quantitative estimate of drug-likeness (QED) is 0.743. The summed E-state index contributed by atoms with van der Waals surface area (Å²) in [5, 5.41) is 8.52. The summed E-state index contributed by atoms with van der Waals surface area (Å²) in [6.45, 7) is 9.45. The van der Waals surface area contributed by atoms with Crippen molar-refractivity contribution in [3.05, 3.63) is 0 Å². The Morgan fingerprint density at radius 1 is 1.45 bits per heavy atom. The van der Waals surface area contributed by atoms with Crippen molar-refractivity contribution < 1.29 is 14.3 Å². The first-order valence-corrected chi connectivity index (χ1v) is 7.25. The Morgan fingerprint density at radius 2 is 2.15 bits per heavy atom. The molecular formula is C15H26N2O3. The van der Waals surface area contributed by atoms with Crippen LogP contribution < -0.4 is 0 Å². The fourth-order valence-corrected chi connectivity index (χ4v) is 2.28. The molecule has 0 saturated carbocycles. The van der Waals surface area contributed by atoms with E-state index in [1.807, 2.05) is 27.7 Å². The molecule has 1 saturated heterocycles. The van der Waals surface area contributed by atoms with Gasteiger partial charge < -0.3 is 14.4 Å². The molecule has 0 bridgehead atoms. The molecule has 0 aromatic rings. The van der Waals surface area contributed by atoms with Crippen molar-refractivity contribution in [2.24, 2.45) is 0 Å². The molecule has 1 aliphatic rings. The fourth-order valence-electron chi connectivity index (χ4n) is 2.28. The first kappa shape index (κ1) is 16.8. The minimum Gasteiger partial charge on any atom is -0.444 e. The van der Waals surface area contributed by atoms with E-state index in [4.69, 9.17) is 14.7 Å². The molecule has 1 rings (SSSR count). The Kier molecular flexibility index (Phi) is 5.82. The van der Waals surface area contributed by atoms with Crippen LogP contribution in [0.1, 0.15) is 53.4 Å². The minimum absolute atomic E-state index is 0.274. The van der Waals surface area contributed by atoms with Crippen molar-refractivity contribution in [3.8, 4) is 6.07 Å². The van der Waals surface area contributed by atoms with Gasteiger partial charge in [-0.25, -0.2) is 4.79 Å². The maximum absolute atomic E-state index is 12.1. The van der Waals surface area contributed by atoms with E-state index in [-0.39, 0.29) is 11.7 Å². The highest BCUT2D eigenvalue weighted by atomic mass is 16.6. The van der Waals surface area contributed by atoms with Crippen LogP contribution in [0.4, 0.5) is 4.79 Å². The highest BCUT2D eigenvalue weighted by Crippen LogP contribution is 2.26. The van der Waals surface area contributed by atoms with Gasteiger partial charge in [-0.3, -0.25) is 0 Å². The third kappa shape index (κ3) is 5.79. The monoisotopic (exact) mass is 282 g/mol. The predicted molar refractivity (Wildman–Crippen MR) is 76.2 cm³/mol. The summed E-state index contributed by atoms with van der Waals surface area (Å²) >= 11 is 0. The number of ether oxygens (including phenoxy) is 2. The Balaban J connectivity index is 2.48. The topological polar surface area (TPSA) is 62.6 Å². The lowest BCUT2D eigenvalue weighted by atomic mass is 9.95. The predicted octanol–water partition coefficient (Wildman–Crippen LogP) is 3.10. The molecule has 5 nitrogen and oxygen atoms in total. The summed E-state index contributed by atoms with van der Waals surface area (Å²) in [6, 6.07) is 2.11. The van der Waals surface area contributed by atoms with Gasteiger partial charge in [-0.2, -0.15) is 5.26 Å². The van der Waals surface area contributed by atoms with E-state index < -0.39 is 5.60 Å². The average molecular weight is 282 g/mol. The number of nitrogens with zero attached hydrogens (tertiary/aromatic N) is 2. The summed E-state index contributed by atoms with van der Waals surface area (Å²) in [4.78, 5) is 13.8. The number of carbonyl (C=O) groups excluding carboxylic acids is 1. The number of hydrogen-bond donors (Lipinski definition) is 0. The number of nitriles is 1. The van der Waals surface area contributed by atoms with Crippen molar-refractivity contribution >= 4 is 6.09 Å². The van der Waals surface area contributed by atoms with Gasteiger partial charge >= 0.3 is 6.09 Å². The van der Waals surface area contributed by atoms with Crippen molar-refractivity contribution in [2.45, 2.75) is 64.6 Å². The van der Waals surface area contributed by atoms with E-state index in [9.17, 15) is 4.79 Å². The number of carbonyl (C=O) groups is 1. The zero-order valence-corrected chi connectivity index (χ0v) is 13.1. The molecule has 1 atom stereocenters. The van der Waals surface area contributed by atoms with Crippen molar-refractivity contribution in [1.82, 2.24) is 4.90 Å². The second kappa shape index (κ2) is 6.94. The summed E-state index contributed by atoms with van der Waals surface area (Å²) in [6.07, 6.45) is 2.81. The van der Waals surface area contributed by atoms with E-state index in [1.165, 1.54) is 0 Å². The van der Waals surface area contributed by atoms with Gasteiger partial charge in [0.2, 0.25) is 0 Å². The molecule has 0 aliphatic carbocycles. The van der Waals surface area contributed by atoms with Crippen LogP contribution in [0.3, 0.4) is 0 Å². The maximum atomic E-state index is 12.1. The Hall–Kier alpha value is -1.28. The zero-order chi connectivity index (χ0) is 15.2. The number of amides is 1. The van der Waals surface area contributed by atoms with Gasteiger partial charge in [0.15, 0.2) is 0 Å². The number of likely N-dealkylation sites (tertiary alicyclic amines) is 1. The van der Waals surface area contributed by atoms with E-state index >= 15 is 0 Å². The largest absolute Gasteiger partial charge is 0.444 e.